The van der Waals surface area contributed by atoms with Crippen molar-refractivity contribution < 1.29 is 19.1 Å². The molecule has 1 saturated heterocycles. The van der Waals surface area contributed by atoms with Gasteiger partial charge >= 0.3 is 0 Å². The van der Waals surface area contributed by atoms with Gasteiger partial charge < -0.3 is 32.2 Å². The normalized spacial score (nSPS) is 21.4. The molecule has 4 aromatic rings. The van der Waals surface area contributed by atoms with Crippen LogP contribution in [-0.4, -0.2) is 46.6 Å². The Labute approximate surface area is 246 Å². The van der Waals surface area contributed by atoms with E-state index in [4.69, 9.17) is 21.9 Å². The van der Waals surface area contributed by atoms with Crippen LogP contribution in [0.25, 0.3) is 10.1 Å². The van der Waals surface area contributed by atoms with Gasteiger partial charge in [0.25, 0.3) is 5.91 Å². The Hall–Kier alpha value is -4.58. The van der Waals surface area contributed by atoms with E-state index in [2.05, 4.69) is 16.9 Å². The molecule has 6 rings (SSSR count). The number of anilines is 1. The summed E-state index contributed by atoms with van der Waals surface area (Å²) in [6, 6.07) is 12.7. The molecule has 42 heavy (non-hydrogen) atoms. The summed E-state index contributed by atoms with van der Waals surface area (Å²) in [5.74, 6) is 0.00572. The first kappa shape index (κ1) is 27.6. The van der Waals surface area contributed by atoms with Crippen molar-refractivity contribution in [2.45, 2.75) is 31.0 Å². The molecule has 2 aromatic carbocycles. The van der Waals surface area contributed by atoms with Crippen LogP contribution in [0.15, 0.2) is 67.4 Å². The summed E-state index contributed by atoms with van der Waals surface area (Å²) in [4.78, 5) is 45.9. The van der Waals surface area contributed by atoms with Crippen LogP contribution in [0.2, 0.25) is 0 Å². The molecule has 2 aliphatic rings. The van der Waals surface area contributed by atoms with E-state index in [-0.39, 0.29) is 17.9 Å². The van der Waals surface area contributed by atoms with Gasteiger partial charge in [0, 0.05) is 48.0 Å². The molecule has 214 valence electrons. The van der Waals surface area contributed by atoms with Crippen LogP contribution in [0.4, 0.5) is 5.69 Å². The van der Waals surface area contributed by atoms with Crippen molar-refractivity contribution in [3.63, 3.8) is 0 Å². The molecule has 0 radical (unpaired) electrons. The van der Waals surface area contributed by atoms with Crippen molar-refractivity contribution >= 4 is 44.7 Å². The van der Waals surface area contributed by atoms with Crippen molar-refractivity contribution in [2.75, 3.05) is 18.8 Å². The number of carbonyl (C=O) groups is 3. The molecule has 3 heterocycles. The van der Waals surface area contributed by atoms with Crippen LogP contribution in [0.1, 0.15) is 44.4 Å². The quantitative estimate of drug-likeness (QED) is 0.199. The fourth-order valence-corrected chi connectivity index (χ4v) is 7.16. The number of nitrogens with two attached hydrogens (primary N) is 3. The Morgan fingerprint density at radius 3 is 2.71 bits per heavy atom. The molecule has 7 N–H and O–H groups in total. The zero-order chi connectivity index (χ0) is 29.8. The number of Topliss-reactive ketones (excluding diaryl/α,β-unsaturated/α-hetero) is 1. The number of amides is 2. The predicted octanol–water partition coefficient (Wildman–Crippen LogP) is 3.28. The second-order valence-electron chi connectivity index (χ2n) is 10.6. The minimum atomic E-state index is -1.59. The van der Waals surface area contributed by atoms with E-state index < -0.39 is 17.4 Å². The van der Waals surface area contributed by atoms with Gasteiger partial charge in [0.2, 0.25) is 11.8 Å². The molecular weight excluding hydrogens is 552 g/mol. The van der Waals surface area contributed by atoms with Crippen LogP contribution >= 0.6 is 11.3 Å². The monoisotopic (exact) mass is 582 g/mol. The second kappa shape index (κ2) is 10.4. The third kappa shape index (κ3) is 4.33. The van der Waals surface area contributed by atoms with E-state index in [0.29, 0.717) is 68.5 Å². The van der Waals surface area contributed by atoms with E-state index in [9.17, 15) is 14.4 Å². The molecule has 3 unspecified atom stereocenters. The van der Waals surface area contributed by atoms with Crippen molar-refractivity contribution in [2.24, 2.45) is 11.5 Å². The maximum Gasteiger partial charge on any atom is 0.262 e. The number of thiophene rings is 1. The van der Waals surface area contributed by atoms with E-state index >= 15 is 0 Å². The van der Waals surface area contributed by atoms with Crippen molar-refractivity contribution in [1.29, 1.82) is 0 Å². The summed E-state index contributed by atoms with van der Waals surface area (Å²) in [5.41, 5.74) is 21.2. The zero-order valence-electron chi connectivity index (χ0n) is 22.9. The van der Waals surface area contributed by atoms with Gasteiger partial charge in [-0.15, -0.1) is 11.3 Å². The second-order valence-corrected chi connectivity index (χ2v) is 11.6. The number of hydrogen-bond acceptors (Lipinski definition) is 9. The number of rotatable bonds is 6. The van der Waals surface area contributed by atoms with Gasteiger partial charge in [-0.2, -0.15) is 0 Å². The van der Waals surface area contributed by atoms with Crippen molar-refractivity contribution in [3.8, 4) is 11.6 Å². The fourth-order valence-electron chi connectivity index (χ4n) is 5.96. The number of nitrogen functional groups attached to an aromatic ring is 1. The summed E-state index contributed by atoms with van der Waals surface area (Å²) < 4.78 is 6.52. The summed E-state index contributed by atoms with van der Waals surface area (Å²) >= 11 is 1.19. The standard InChI is InChI=1S/C31H30N6O4S/c1-3-23(38)37-13-11-17(15-37)36-30(40)28-25-24-20(9-10-21(32)27(24)42-28)31(34,29(39)26(25)33)19-8-7-18(14-16(19)2)41-22-6-4-5-12-35-22/h3-10,12,14,17,26H,1,11,13,15,32-34H2,2H3,(H,36,40). The van der Waals surface area contributed by atoms with Gasteiger partial charge in [-0.3, -0.25) is 14.4 Å². The molecule has 10 nitrogen and oxygen atoms in total. The Morgan fingerprint density at radius 2 is 2.00 bits per heavy atom. The number of nitrogens with zero attached hydrogens (tertiary/aromatic N) is 2. The summed E-state index contributed by atoms with van der Waals surface area (Å²) in [6.07, 6.45) is 3.51. The number of likely N-dealkylation sites (tertiary alicyclic amines) is 1. The number of aromatic nitrogens is 1. The SMILES string of the molecule is C=CC(=O)N1CCC(NC(=O)c2sc3c(N)ccc4c3c2C(N)C(=O)C4(N)c2ccc(Oc3ccccn3)cc2C)C1. The van der Waals surface area contributed by atoms with Crippen molar-refractivity contribution in [3.05, 3.63) is 94.5 Å². The molecule has 2 aromatic heterocycles. The Morgan fingerprint density at radius 1 is 1.21 bits per heavy atom. The Balaban J connectivity index is 1.39. The zero-order valence-corrected chi connectivity index (χ0v) is 23.7. The fraction of sp³-hybridized carbons (Fsp3) is 0.226. The topological polar surface area (TPSA) is 167 Å². The largest absolute Gasteiger partial charge is 0.439 e. The van der Waals surface area contributed by atoms with E-state index in [1.807, 2.05) is 13.0 Å². The van der Waals surface area contributed by atoms with Crippen LogP contribution < -0.4 is 27.3 Å². The van der Waals surface area contributed by atoms with Gasteiger partial charge in [0.15, 0.2) is 5.78 Å². The number of ether oxygens (including phenoxy) is 1. The Kier molecular flexibility index (Phi) is 6.80. The van der Waals surface area contributed by atoms with Gasteiger partial charge in [-0.25, -0.2) is 4.98 Å². The van der Waals surface area contributed by atoms with Gasteiger partial charge in [-0.05, 0) is 60.4 Å². The lowest BCUT2D eigenvalue weighted by Crippen LogP contribution is -2.53. The maximum absolute atomic E-state index is 14.1. The highest BCUT2D eigenvalue weighted by Crippen LogP contribution is 2.50. The van der Waals surface area contributed by atoms with E-state index in [1.54, 1.807) is 53.6 Å². The third-order valence-electron chi connectivity index (χ3n) is 8.01. The van der Waals surface area contributed by atoms with Crippen LogP contribution in [0.5, 0.6) is 11.6 Å². The average Bonchev–Trinajstić information content (AvgIpc) is 3.62. The lowest BCUT2D eigenvalue weighted by Gasteiger charge is -2.37. The number of ketones is 1. The molecule has 0 bridgehead atoms. The van der Waals surface area contributed by atoms with Gasteiger partial charge in [0.05, 0.1) is 15.6 Å². The van der Waals surface area contributed by atoms with Gasteiger partial charge in [0.1, 0.15) is 11.3 Å². The third-order valence-corrected chi connectivity index (χ3v) is 9.27. The first-order valence-corrected chi connectivity index (χ1v) is 14.3. The Bertz CT molecular complexity index is 1770. The number of benzene rings is 2. The number of carbonyl (C=O) groups excluding carboxylic acids is 3. The van der Waals surface area contributed by atoms with Crippen LogP contribution in [0, 0.1) is 6.92 Å². The lowest BCUT2D eigenvalue weighted by atomic mass is 9.69. The van der Waals surface area contributed by atoms with Crippen molar-refractivity contribution in [1.82, 2.24) is 15.2 Å². The highest BCUT2D eigenvalue weighted by Gasteiger charge is 2.49. The molecule has 1 aliphatic carbocycles. The molecular formula is C31H30N6O4S. The highest BCUT2D eigenvalue weighted by atomic mass is 32.1. The maximum atomic E-state index is 14.1. The molecule has 1 aliphatic heterocycles. The predicted molar refractivity (Wildman–Crippen MR) is 161 cm³/mol. The molecule has 11 heteroatoms. The molecule has 2 amide bonds. The smallest absolute Gasteiger partial charge is 0.262 e. The average molecular weight is 583 g/mol. The minimum absolute atomic E-state index is 0.181. The highest BCUT2D eigenvalue weighted by molar-refractivity contribution is 7.21. The van der Waals surface area contributed by atoms with Gasteiger partial charge in [-0.1, -0.05) is 24.8 Å². The molecule has 0 spiro atoms. The molecule has 3 atom stereocenters. The van der Waals surface area contributed by atoms with E-state index in [1.165, 1.54) is 17.4 Å². The van der Waals surface area contributed by atoms with Crippen LogP contribution in [-0.2, 0) is 15.1 Å². The summed E-state index contributed by atoms with van der Waals surface area (Å²) in [6.45, 7) is 6.28. The van der Waals surface area contributed by atoms with Crippen LogP contribution in [0.3, 0.4) is 0 Å². The number of hydrogen-bond donors (Lipinski definition) is 4. The minimum Gasteiger partial charge on any atom is -0.439 e. The number of nitrogens with one attached hydrogen (secondary N) is 1. The number of pyridine rings is 1. The molecule has 1 fully saturated rings. The first-order valence-electron chi connectivity index (χ1n) is 13.5. The first-order chi connectivity index (χ1) is 20.1. The summed E-state index contributed by atoms with van der Waals surface area (Å²) in [5, 5.41) is 3.64. The summed E-state index contributed by atoms with van der Waals surface area (Å²) in [7, 11) is 0. The number of aryl methyl sites for hydroxylation is 1. The molecule has 0 saturated carbocycles. The van der Waals surface area contributed by atoms with E-state index in [0.717, 1.165) is 5.56 Å². The lowest BCUT2D eigenvalue weighted by molar-refractivity contribution is -0.125.